The lowest BCUT2D eigenvalue weighted by atomic mass is 9.82. The predicted molar refractivity (Wildman–Crippen MR) is 84.1 cm³/mol. The largest absolute Gasteiger partial charge is 0.344 e. The number of aryl methyl sites for hydroxylation is 1. The van der Waals surface area contributed by atoms with Crippen LogP contribution in [0.2, 0.25) is 0 Å². The molecular formula is C17H20FN3O3. The van der Waals surface area contributed by atoms with Crippen LogP contribution in [0.25, 0.3) is 0 Å². The van der Waals surface area contributed by atoms with Gasteiger partial charge in [0.05, 0.1) is 0 Å². The smallest absolute Gasteiger partial charge is 0.322 e. The van der Waals surface area contributed by atoms with Crippen LogP contribution in [0.3, 0.4) is 0 Å². The molecule has 2 N–H and O–H groups in total. The molecule has 128 valence electrons. The number of hydrazine groups is 1. The first-order valence-corrected chi connectivity index (χ1v) is 8.21. The molecule has 1 saturated carbocycles. The minimum Gasteiger partial charge on any atom is -0.322 e. The van der Waals surface area contributed by atoms with E-state index in [0.29, 0.717) is 24.8 Å². The fraction of sp³-hybridized carbons (Fsp3) is 0.471. The Morgan fingerprint density at radius 1 is 1.25 bits per heavy atom. The van der Waals surface area contributed by atoms with Crippen molar-refractivity contribution in [1.29, 1.82) is 0 Å². The molecular weight excluding hydrogens is 313 g/mol. The zero-order valence-electron chi connectivity index (χ0n) is 13.3. The van der Waals surface area contributed by atoms with E-state index in [0.717, 1.165) is 24.3 Å². The van der Waals surface area contributed by atoms with E-state index in [2.05, 4.69) is 10.7 Å². The number of urea groups is 1. The van der Waals surface area contributed by atoms with Crippen molar-refractivity contribution in [2.75, 3.05) is 0 Å². The topological polar surface area (TPSA) is 78.5 Å². The van der Waals surface area contributed by atoms with Crippen molar-refractivity contribution in [3.8, 4) is 0 Å². The number of hydrogen-bond acceptors (Lipinski definition) is 3. The molecule has 0 atom stereocenters. The second kappa shape index (κ2) is 6.59. The molecule has 0 bridgehead atoms. The Morgan fingerprint density at radius 3 is 2.71 bits per heavy atom. The van der Waals surface area contributed by atoms with Crippen LogP contribution in [0.5, 0.6) is 0 Å². The quantitative estimate of drug-likeness (QED) is 0.828. The van der Waals surface area contributed by atoms with Crippen LogP contribution in [0, 0.1) is 5.82 Å². The van der Waals surface area contributed by atoms with Gasteiger partial charge in [0.25, 0.3) is 5.91 Å². The summed E-state index contributed by atoms with van der Waals surface area (Å²) in [5.74, 6) is -1.19. The first kappa shape index (κ1) is 16.4. The lowest BCUT2D eigenvalue weighted by molar-refractivity contribution is -0.139. The van der Waals surface area contributed by atoms with Crippen LogP contribution >= 0.6 is 0 Å². The van der Waals surface area contributed by atoms with Crippen LogP contribution in [0.4, 0.5) is 9.18 Å². The van der Waals surface area contributed by atoms with Gasteiger partial charge in [0.1, 0.15) is 11.4 Å². The summed E-state index contributed by atoms with van der Waals surface area (Å²) >= 11 is 0. The third kappa shape index (κ3) is 3.25. The van der Waals surface area contributed by atoms with Gasteiger partial charge in [-0.2, -0.15) is 5.01 Å². The number of carbonyl (C=O) groups is 3. The Balaban J connectivity index is 1.58. The molecule has 0 unspecified atom stereocenters. The molecule has 0 radical (unpaired) electrons. The lowest BCUT2D eigenvalue weighted by Gasteiger charge is -2.30. The maximum absolute atomic E-state index is 13.1. The molecule has 1 aromatic carbocycles. The molecule has 2 aliphatic rings. The second-order valence-electron chi connectivity index (χ2n) is 6.38. The van der Waals surface area contributed by atoms with Gasteiger partial charge in [-0.3, -0.25) is 15.0 Å². The number of amides is 4. The van der Waals surface area contributed by atoms with Crippen molar-refractivity contribution >= 4 is 17.8 Å². The van der Waals surface area contributed by atoms with Crippen molar-refractivity contribution in [3.63, 3.8) is 0 Å². The van der Waals surface area contributed by atoms with Crippen LogP contribution in [0.1, 0.15) is 44.1 Å². The van der Waals surface area contributed by atoms with Gasteiger partial charge in [-0.15, -0.1) is 0 Å². The van der Waals surface area contributed by atoms with Crippen LogP contribution in [-0.2, 0) is 16.0 Å². The average molecular weight is 333 g/mol. The summed E-state index contributed by atoms with van der Waals surface area (Å²) in [5.41, 5.74) is 2.20. The zero-order valence-corrected chi connectivity index (χ0v) is 13.3. The standard InChI is InChI=1S/C17H20FN3O3/c18-13-6-4-5-12(11-13)7-8-14(22)20-21-15(23)17(19-16(21)24)9-2-1-3-10-17/h4-6,11H,1-3,7-10H2,(H,19,24)(H,20,22). The SMILES string of the molecule is O=C(CCc1cccc(F)c1)NN1C(=O)NC2(CCCCC2)C1=O. The first-order valence-electron chi connectivity index (χ1n) is 8.21. The number of benzene rings is 1. The molecule has 1 aliphatic carbocycles. The van der Waals surface area contributed by atoms with Gasteiger partial charge in [0.15, 0.2) is 0 Å². The van der Waals surface area contributed by atoms with Gasteiger partial charge in [-0.05, 0) is 37.0 Å². The maximum Gasteiger partial charge on any atom is 0.344 e. The first-order chi connectivity index (χ1) is 11.5. The molecule has 4 amide bonds. The van der Waals surface area contributed by atoms with Crippen LogP contribution in [-0.4, -0.2) is 28.4 Å². The summed E-state index contributed by atoms with van der Waals surface area (Å²) in [6.07, 6.45) is 4.41. The van der Waals surface area contributed by atoms with E-state index in [1.54, 1.807) is 12.1 Å². The molecule has 1 heterocycles. The van der Waals surface area contributed by atoms with E-state index in [1.807, 2.05) is 0 Å². The van der Waals surface area contributed by atoms with E-state index >= 15 is 0 Å². The Labute approximate surface area is 139 Å². The number of nitrogens with zero attached hydrogens (tertiary/aromatic N) is 1. The molecule has 1 saturated heterocycles. The minimum atomic E-state index is -0.856. The average Bonchev–Trinajstić information content (AvgIpc) is 2.78. The second-order valence-corrected chi connectivity index (χ2v) is 6.38. The molecule has 1 aromatic rings. The molecule has 2 fully saturated rings. The third-order valence-electron chi connectivity index (χ3n) is 4.64. The number of rotatable bonds is 4. The predicted octanol–water partition coefficient (Wildman–Crippen LogP) is 2.04. The Hall–Kier alpha value is -2.44. The molecule has 0 aromatic heterocycles. The van der Waals surface area contributed by atoms with E-state index in [9.17, 15) is 18.8 Å². The van der Waals surface area contributed by atoms with E-state index in [-0.39, 0.29) is 18.1 Å². The minimum absolute atomic E-state index is 0.0630. The Kier molecular flexibility index (Phi) is 4.51. The third-order valence-corrected chi connectivity index (χ3v) is 4.64. The molecule has 1 spiro atoms. The summed E-state index contributed by atoms with van der Waals surface area (Å²) in [4.78, 5) is 36.6. The summed E-state index contributed by atoms with van der Waals surface area (Å²) < 4.78 is 13.1. The monoisotopic (exact) mass is 333 g/mol. The fourth-order valence-corrected chi connectivity index (χ4v) is 3.35. The van der Waals surface area contributed by atoms with E-state index in [1.165, 1.54) is 12.1 Å². The van der Waals surface area contributed by atoms with E-state index < -0.39 is 17.5 Å². The number of nitrogens with one attached hydrogen (secondary N) is 2. The number of halogens is 1. The van der Waals surface area contributed by atoms with Gasteiger partial charge < -0.3 is 5.32 Å². The van der Waals surface area contributed by atoms with Gasteiger partial charge in [0, 0.05) is 6.42 Å². The summed E-state index contributed by atoms with van der Waals surface area (Å²) in [6, 6.07) is 5.41. The Bertz CT molecular complexity index is 671. The summed E-state index contributed by atoms with van der Waals surface area (Å²) in [6.45, 7) is 0. The van der Waals surface area contributed by atoms with E-state index in [4.69, 9.17) is 0 Å². The van der Waals surface area contributed by atoms with Crippen molar-refractivity contribution in [2.24, 2.45) is 0 Å². The maximum atomic E-state index is 13.1. The highest BCUT2D eigenvalue weighted by Crippen LogP contribution is 2.32. The zero-order chi connectivity index (χ0) is 17.2. The van der Waals surface area contributed by atoms with Gasteiger partial charge in [0.2, 0.25) is 5.91 Å². The normalized spacial score (nSPS) is 19.5. The number of hydrogen-bond donors (Lipinski definition) is 2. The molecule has 24 heavy (non-hydrogen) atoms. The fourth-order valence-electron chi connectivity index (χ4n) is 3.35. The van der Waals surface area contributed by atoms with Crippen molar-refractivity contribution < 1.29 is 18.8 Å². The van der Waals surface area contributed by atoms with Crippen molar-refractivity contribution in [3.05, 3.63) is 35.6 Å². The number of imide groups is 1. The highest BCUT2D eigenvalue weighted by atomic mass is 19.1. The summed E-state index contributed by atoms with van der Waals surface area (Å²) in [7, 11) is 0. The molecule has 7 heteroatoms. The highest BCUT2D eigenvalue weighted by molar-refractivity contribution is 6.08. The van der Waals surface area contributed by atoms with Crippen molar-refractivity contribution in [2.45, 2.75) is 50.5 Å². The molecule has 3 rings (SSSR count). The molecule has 6 nitrogen and oxygen atoms in total. The number of carbonyl (C=O) groups excluding carboxylic acids is 3. The van der Waals surface area contributed by atoms with Gasteiger partial charge in [-0.25, -0.2) is 9.18 Å². The van der Waals surface area contributed by atoms with Crippen molar-refractivity contribution in [1.82, 2.24) is 15.8 Å². The summed E-state index contributed by atoms with van der Waals surface area (Å²) in [5, 5.41) is 3.52. The van der Waals surface area contributed by atoms with Gasteiger partial charge >= 0.3 is 6.03 Å². The van der Waals surface area contributed by atoms with Crippen LogP contribution < -0.4 is 10.7 Å². The van der Waals surface area contributed by atoms with Gasteiger partial charge in [-0.1, -0.05) is 31.4 Å². The van der Waals surface area contributed by atoms with Crippen LogP contribution in [0.15, 0.2) is 24.3 Å². The Morgan fingerprint density at radius 2 is 2.00 bits per heavy atom. The highest BCUT2D eigenvalue weighted by Gasteiger charge is 2.52. The molecule has 1 aliphatic heterocycles. The lowest BCUT2D eigenvalue weighted by Crippen LogP contribution is -2.51.